The normalized spacial score (nSPS) is 12.3. The lowest BCUT2D eigenvalue weighted by Gasteiger charge is -2.39. The third kappa shape index (κ3) is 6.28. The molecule has 0 aliphatic rings. The fourth-order valence-electron chi connectivity index (χ4n) is 5.62. The van der Waals surface area contributed by atoms with Crippen LogP contribution in [0.3, 0.4) is 0 Å². The predicted molar refractivity (Wildman–Crippen MR) is 163 cm³/mol. The van der Waals surface area contributed by atoms with Gasteiger partial charge in [-0.25, -0.2) is 4.98 Å². The minimum Gasteiger partial charge on any atom is -0.495 e. The van der Waals surface area contributed by atoms with Crippen LogP contribution in [0, 0.1) is 0 Å². The third-order valence-corrected chi connectivity index (χ3v) is 7.76. The number of carbonyl (C=O) groups is 1. The number of aromatic nitrogens is 1. The molecule has 3 aromatic carbocycles. The van der Waals surface area contributed by atoms with Crippen LogP contribution in [0.15, 0.2) is 72.8 Å². The first-order valence-electron chi connectivity index (χ1n) is 14.2. The van der Waals surface area contributed by atoms with Gasteiger partial charge in [0, 0.05) is 28.6 Å². The summed E-state index contributed by atoms with van der Waals surface area (Å²) in [7, 11) is 6.05. The fourth-order valence-corrected chi connectivity index (χ4v) is 5.62. The summed E-state index contributed by atoms with van der Waals surface area (Å²) in [5.74, 6) is 0.719. The molecule has 0 fully saturated rings. The van der Waals surface area contributed by atoms with Crippen LogP contribution in [0.2, 0.25) is 0 Å². The summed E-state index contributed by atoms with van der Waals surface area (Å²) in [6, 6.07) is 24.5. The molecule has 6 heteroatoms. The molecule has 0 saturated carbocycles. The molecule has 0 saturated heterocycles. The predicted octanol–water partition coefficient (Wildman–Crippen LogP) is 6.96. The van der Waals surface area contributed by atoms with E-state index in [4.69, 9.17) is 20.2 Å². The van der Waals surface area contributed by atoms with E-state index >= 15 is 0 Å². The number of primary amides is 1. The van der Waals surface area contributed by atoms with Gasteiger partial charge in [-0.05, 0) is 42.0 Å². The van der Waals surface area contributed by atoms with E-state index in [9.17, 15) is 4.79 Å². The molecule has 4 aromatic rings. The first-order valence-corrected chi connectivity index (χ1v) is 14.2. The number of pyridine rings is 1. The number of nitrogens with two attached hydrogens (primary N) is 1. The van der Waals surface area contributed by atoms with Crippen molar-refractivity contribution in [3.8, 4) is 22.8 Å². The smallest absolute Gasteiger partial charge is 0.252 e. The largest absolute Gasteiger partial charge is 0.495 e. The van der Waals surface area contributed by atoms with Crippen molar-refractivity contribution < 1.29 is 18.8 Å². The molecule has 40 heavy (non-hydrogen) atoms. The molecule has 2 N–H and O–H groups in total. The quantitative estimate of drug-likeness (QED) is 0.186. The van der Waals surface area contributed by atoms with Crippen LogP contribution in [0.4, 0.5) is 0 Å². The van der Waals surface area contributed by atoms with Crippen molar-refractivity contribution in [2.24, 2.45) is 5.73 Å². The molecule has 0 aliphatic carbocycles. The van der Waals surface area contributed by atoms with Crippen molar-refractivity contribution in [2.45, 2.75) is 45.6 Å². The number of unbranched alkanes of at least 4 members (excludes halogenated alkanes) is 1. The van der Waals surface area contributed by atoms with E-state index in [1.165, 1.54) is 0 Å². The average molecular weight is 541 g/mol. The molecule has 1 amide bonds. The van der Waals surface area contributed by atoms with Crippen LogP contribution in [-0.2, 0) is 6.42 Å². The lowest BCUT2D eigenvalue weighted by Crippen LogP contribution is -2.46. The molecule has 0 aliphatic heterocycles. The number of hydrogen-bond donors (Lipinski definition) is 1. The van der Waals surface area contributed by atoms with Gasteiger partial charge in [-0.15, -0.1) is 0 Å². The number of hydrogen-bond acceptors (Lipinski definition) is 4. The molecular weight excluding hydrogens is 498 g/mol. The Bertz CT molecular complexity index is 1450. The zero-order chi connectivity index (χ0) is 28.7. The number of quaternary nitrogens is 1. The molecule has 0 bridgehead atoms. The van der Waals surface area contributed by atoms with Crippen molar-refractivity contribution in [3.05, 3.63) is 89.6 Å². The van der Waals surface area contributed by atoms with Gasteiger partial charge in [0.05, 0.1) is 26.8 Å². The second kappa shape index (κ2) is 13.0. The Morgan fingerprint density at radius 2 is 1.73 bits per heavy atom. The Kier molecular flexibility index (Phi) is 9.43. The number of benzene rings is 3. The number of rotatable bonds is 13. The second-order valence-corrected chi connectivity index (χ2v) is 10.9. The highest BCUT2D eigenvalue weighted by molar-refractivity contribution is 5.99. The Labute approximate surface area is 238 Å². The van der Waals surface area contributed by atoms with E-state index in [-0.39, 0.29) is 6.04 Å². The van der Waals surface area contributed by atoms with Gasteiger partial charge in [-0.3, -0.25) is 4.79 Å². The van der Waals surface area contributed by atoms with E-state index in [2.05, 4.69) is 52.2 Å². The maximum atomic E-state index is 12.3. The number of likely N-dealkylation sites (N-methyl/N-ethyl adjacent to an activating group) is 1. The monoisotopic (exact) mass is 540 g/mol. The highest BCUT2D eigenvalue weighted by atomic mass is 16.5. The Morgan fingerprint density at radius 3 is 2.40 bits per heavy atom. The fraction of sp³-hybridized carbons (Fsp3) is 0.353. The number of ether oxygens (including phenoxy) is 2. The molecule has 4 rings (SSSR count). The molecule has 1 atom stereocenters. The van der Waals surface area contributed by atoms with Gasteiger partial charge < -0.3 is 19.7 Å². The number of nitrogens with zero attached hydrogens (tertiary/aromatic N) is 2. The molecule has 210 valence electrons. The SMILES string of the molecule is CCCCc1cc2ccccc2c(OCC[N+](C)(C)[C@@H](CC)c2ccc(C(N)=O)c(OC)c2-c2ccccc2)n1. The molecular formula is C34H42N3O3+. The number of methoxy groups -OCH3 is 1. The molecule has 0 radical (unpaired) electrons. The van der Waals surface area contributed by atoms with E-state index in [1.807, 2.05) is 42.5 Å². The molecule has 0 unspecified atom stereocenters. The van der Waals surface area contributed by atoms with E-state index in [0.717, 1.165) is 65.4 Å². The van der Waals surface area contributed by atoms with Crippen molar-refractivity contribution in [1.82, 2.24) is 4.98 Å². The van der Waals surface area contributed by atoms with E-state index < -0.39 is 5.91 Å². The summed E-state index contributed by atoms with van der Waals surface area (Å²) in [6.07, 6.45) is 4.07. The van der Waals surface area contributed by atoms with Crippen LogP contribution in [-0.4, -0.2) is 49.7 Å². The zero-order valence-corrected chi connectivity index (χ0v) is 24.4. The van der Waals surface area contributed by atoms with Gasteiger partial charge in [0.15, 0.2) is 0 Å². The highest BCUT2D eigenvalue weighted by Crippen LogP contribution is 2.42. The van der Waals surface area contributed by atoms with Crippen molar-refractivity contribution in [3.63, 3.8) is 0 Å². The first kappa shape index (κ1) is 29.1. The number of aryl methyl sites for hydroxylation is 1. The van der Waals surface area contributed by atoms with E-state index in [0.29, 0.717) is 28.3 Å². The molecule has 1 aromatic heterocycles. The lowest BCUT2D eigenvalue weighted by atomic mass is 9.89. The van der Waals surface area contributed by atoms with Gasteiger partial charge >= 0.3 is 0 Å². The second-order valence-electron chi connectivity index (χ2n) is 10.9. The van der Waals surface area contributed by atoms with Crippen LogP contribution in [0.25, 0.3) is 21.9 Å². The minimum atomic E-state index is -0.503. The molecule has 0 spiro atoms. The maximum absolute atomic E-state index is 12.3. The Morgan fingerprint density at radius 1 is 1.00 bits per heavy atom. The summed E-state index contributed by atoms with van der Waals surface area (Å²) in [4.78, 5) is 17.2. The van der Waals surface area contributed by atoms with Crippen molar-refractivity contribution in [2.75, 3.05) is 34.4 Å². The van der Waals surface area contributed by atoms with Crippen LogP contribution in [0.1, 0.15) is 60.8 Å². The first-order chi connectivity index (χ1) is 19.3. The summed E-state index contributed by atoms with van der Waals surface area (Å²) < 4.78 is 12.9. The van der Waals surface area contributed by atoms with Crippen LogP contribution < -0.4 is 15.2 Å². The van der Waals surface area contributed by atoms with Gasteiger partial charge in [-0.1, -0.05) is 74.9 Å². The Hall–Kier alpha value is -3.90. The van der Waals surface area contributed by atoms with Gasteiger partial charge in [0.25, 0.3) is 5.91 Å². The number of amides is 1. The summed E-state index contributed by atoms with van der Waals surface area (Å²) >= 11 is 0. The average Bonchev–Trinajstić information content (AvgIpc) is 2.96. The summed E-state index contributed by atoms with van der Waals surface area (Å²) in [5.41, 5.74) is 10.2. The van der Waals surface area contributed by atoms with Gasteiger partial charge in [-0.2, -0.15) is 0 Å². The van der Waals surface area contributed by atoms with E-state index in [1.54, 1.807) is 13.2 Å². The topological polar surface area (TPSA) is 74.4 Å². The molecule has 1 heterocycles. The maximum Gasteiger partial charge on any atom is 0.252 e. The Balaban J connectivity index is 1.65. The van der Waals surface area contributed by atoms with Crippen molar-refractivity contribution >= 4 is 16.7 Å². The van der Waals surface area contributed by atoms with Gasteiger partial charge in [0.2, 0.25) is 5.88 Å². The summed E-state index contributed by atoms with van der Waals surface area (Å²) in [6.45, 7) is 5.68. The number of fused-ring (bicyclic) bond motifs is 1. The number of carbonyl (C=O) groups excluding carboxylic acids is 1. The lowest BCUT2D eigenvalue weighted by molar-refractivity contribution is -0.921. The minimum absolute atomic E-state index is 0.121. The summed E-state index contributed by atoms with van der Waals surface area (Å²) in [5, 5.41) is 2.20. The van der Waals surface area contributed by atoms with Crippen LogP contribution in [0.5, 0.6) is 11.6 Å². The standard InChI is InChI=1S/C34H41N3O3/c1-6-8-17-26-23-25-16-12-13-18-27(25)34(36-26)40-22-21-37(3,4)30(7-2)28-19-20-29(33(35)38)32(39-5)31(28)24-14-10-9-11-15-24/h9-16,18-20,23,30H,6-8,17,21-22H2,1-5H3,(H-,35,38)/p+1/t30-/m0/s1. The third-order valence-electron chi connectivity index (χ3n) is 7.76. The highest BCUT2D eigenvalue weighted by Gasteiger charge is 2.33. The van der Waals surface area contributed by atoms with Gasteiger partial charge in [0.1, 0.15) is 24.9 Å². The van der Waals surface area contributed by atoms with Crippen molar-refractivity contribution in [1.29, 1.82) is 0 Å². The van der Waals surface area contributed by atoms with Crippen LogP contribution >= 0.6 is 0 Å². The zero-order valence-electron chi connectivity index (χ0n) is 24.4. The molecule has 6 nitrogen and oxygen atoms in total.